The quantitative estimate of drug-likeness (QED) is 0.891. The zero-order chi connectivity index (χ0) is 14.7. The Morgan fingerprint density at radius 3 is 2.80 bits per heavy atom. The van der Waals surface area contributed by atoms with Crippen LogP contribution in [-0.4, -0.2) is 19.1 Å². The average Bonchev–Trinajstić information content (AvgIpc) is 2.42. The first-order valence-electron chi connectivity index (χ1n) is 7.82. The zero-order valence-corrected chi connectivity index (χ0v) is 13.1. The molecule has 1 heterocycles. The first kappa shape index (κ1) is 15.3. The average molecular weight is 278 g/mol. The van der Waals surface area contributed by atoms with E-state index in [1.54, 1.807) is 12.1 Å². The third-order valence-electron chi connectivity index (χ3n) is 4.39. The van der Waals surface area contributed by atoms with E-state index in [2.05, 4.69) is 37.9 Å². The van der Waals surface area contributed by atoms with E-state index in [9.17, 15) is 4.39 Å². The van der Waals surface area contributed by atoms with E-state index in [1.807, 2.05) is 6.07 Å². The number of anilines is 1. The number of nitrogens with one attached hydrogen (secondary N) is 1. The Labute approximate surface area is 122 Å². The van der Waals surface area contributed by atoms with E-state index in [4.69, 9.17) is 0 Å². The Bertz CT molecular complexity index is 447. The molecule has 1 N–H and O–H groups in total. The third-order valence-corrected chi connectivity index (χ3v) is 4.39. The molecule has 0 spiro atoms. The van der Waals surface area contributed by atoms with Crippen LogP contribution < -0.4 is 10.2 Å². The minimum atomic E-state index is -0.147. The van der Waals surface area contributed by atoms with E-state index in [0.29, 0.717) is 12.0 Å². The molecule has 20 heavy (non-hydrogen) atoms. The number of hydrogen-bond donors (Lipinski definition) is 1. The summed E-state index contributed by atoms with van der Waals surface area (Å²) in [5.41, 5.74) is 2.27. The Hall–Kier alpha value is -1.09. The lowest BCUT2D eigenvalue weighted by Gasteiger charge is -2.40. The van der Waals surface area contributed by atoms with Crippen molar-refractivity contribution >= 4 is 5.69 Å². The molecule has 1 aliphatic rings. The van der Waals surface area contributed by atoms with Crippen molar-refractivity contribution in [1.82, 2.24) is 5.32 Å². The van der Waals surface area contributed by atoms with Gasteiger partial charge in [0.05, 0.1) is 0 Å². The van der Waals surface area contributed by atoms with Crippen LogP contribution in [0.3, 0.4) is 0 Å². The Kier molecular flexibility index (Phi) is 5.03. The number of halogens is 1. The summed E-state index contributed by atoms with van der Waals surface area (Å²) in [6.45, 7) is 10.7. The molecule has 1 fully saturated rings. The van der Waals surface area contributed by atoms with Crippen LogP contribution in [0.2, 0.25) is 0 Å². The zero-order valence-electron chi connectivity index (χ0n) is 13.1. The molecule has 0 amide bonds. The van der Waals surface area contributed by atoms with Crippen LogP contribution in [0.15, 0.2) is 18.2 Å². The predicted molar refractivity (Wildman–Crippen MR) is 83.7 cm³/mol. The molecule has 1 aromatic carbocycles. The number of rotatable bonds is 4. The summed E-state index contributed by atoms with van der Waals surface area (Å²) in [7, 11) is 0. The standard InChI is InChI=1S/C17H27FN2/c1-5-19-14(4)16-10-15(18)8-9-17(16)20-11-12(2)6-7-13(20)3/h8-10,12-14,19H,5-7,11H2,1-4H3. The smallest absolute Gasteiger partial charge is 0.123 e. The van der Waals surface area contributed by atoms with Crippen LogP contribution >= 0.6 is 0 Å². The predicted octanol–water partition coefficient (Wildman–Crippen LogP) is 4.12. The van der Waals surface area contributed by atoms with Crippen molar-refractivity contribution in [2.24, 2.45) is 5.92 Å². The van der Waals surface area contributed by atoms with Crippen LogP contribution in [-0.2, 0) is 0 Å². The maximum atomic E-state index is 13.6. The second-order valence-electron chi connectivity index (χ2n) is 6.17. The van der Waals surface area contributed by atoms with Gasteiger partial charge in [0.15, 0.2) is 0 Å². The number of nitrogens with zero attached hydrogens (tertiary/aromatic N) is 1. The Morgan fingerprint density at radius 1 is 1.35 bits per heavy atom. The molecular formula is C17H27FN2. The summed E-state index contributed by atoms with van der Waals surface area (Å²) in [6, 6.07) is 5.94. The molecule has 2 nitrogen and oxygen atoms in total. The second kappa shape index (κ2) is 6.57. The summed E-state index contributed by atoms with van der Waals surface area (Å²) in [5.74, 6) is 0.560. The SMILES string of the molecule is CCNC(C)c1cc(F)ccc1N1CC(C)CCC1C. The topological polar surface area (TPSA) is 15.3 Å². The summed E-state index contributed by atoms with van der Waals surface area (Å²) in [4.78, 5) is 2.46. The molecule has 112 valence electrons. The summed E-state index contributed by atoms with van der Waals surface area (Å²) < 4.78 is 13.6. The first-order valence-corrected chi connectivity index (χ1v) is 7.82. The molecule has 3 heteroatoms. The van der Waals surface area contributed by atoms with Crippen molar-refractivity contribution in [1.29, 1.82) is 0 Å². The fourth-order valence-electron chi connectivity index (χ4n) is 3.17. The molecule has 1 saturated heterocycles. The van der Waals surface area contributed by atoms with E-state index in [-0.39, 0.29) is 11.9 Å². The maximum Gasteiger partial charge on any atom is 0.123 e. The highest BCUT2D eigenvalue weighted by molar-refractivity contribution is 5.56. The summed E-state index contributed by atoms with van der Waals surface area (Å²) in [5, 5.41) is 3.40. The largest absolute Gasteiger partial charge is 0.368 e. The van der Waals surface area contributed by atoms with Crippen molar-refractivity contribution < 1.29 is 4.39 Å². The van der Waals surface area contributed by atoms with Gasteiger partial charge in [-0.2, -0.15) is 0 Å². The summed E-state index contributed by atoms with van der Waals surface area (Å²) in [6.07, 6.45) is 2.50. The van der Waals surface area contributed by atoms with Crippen molar-refractivity contribution in [3.63, 3.8) is 0 Å². The number of hydrogen-bond acceptors (Lipinski definition) is 2. The maximum absolute atomic E-state index is 13.6. The molecule has 1 aliphatic heterocycles. The normalized spacial score (nSPS) is 24.8. The monoisotopic (exact) mass is 278 g/mol. The van der Waals surface area contributed by atoms with E-state index >= 15 is 0 Å². The fourth-order valence-corrected chi connectivity index (χ4v) is 3.17. The van der Waals surface area contributed by atoms with Gasteiger partial charge in [-0.15, -0.1) is 0 Å². The van der Waals surface area contributed by atoms with Crippen LogP contribution in [0, 0.1) is 11.7 Å². The first-order chi connectivity index (χ1) is 9.52. The van der Waals surface area contributed by atoms with Gasteiger partial charge < -0.3 is 10.2 Å². The van der Waals surface area contributed by atoms with Crippen LogP contribution in [0.25, 0.3) is 0 Å². The Morgan fingerprint density at radius 2 is 2.10 bits per heavy atom. The van der Waals surface area contributed by atoms with E-state index in [0.717, 1.165) is 18.7 Å². The van der Waals surface area contributed by atoms with Gasteiger partial charge in [-0.25, -0.2) is 4.39 Å². The van der Waals surface area contributed by atoms with E-state index < -0.39 is 0 Å². The molecule has 0 aliphatic carbocycles. The number of piperidine rings is 1. The highest BCUT2D eigenvalue weighted by Gasteiger charge is 2.26. The van der Waals surface area contributed by atoms with Crippen molar-refractivity contribution in [3.8, 4) is 0 Å². The van der Waals surface area contributed by atoms with Gasteiger partial charge in [0, 0.05) is 24.3 Å². The number of benzene rings is 1. The van der Waals surface area contributed by atoms with E-state index in [1.165, 1.54) is 18.5 Å². The van der Waals surface area contributed by atoms with Crippen LogP contribution in [0.1, 0.15) is 52.1 Å². The minimum absolute atomic E-state index is 0.147. The molecule has 0 saturated carbocycles. The van der Waals surface area contributed by atoms with Gasteiger partial charge in [-0.3, -0.25) is 0 Å². The summed E-state index contributed by atoms with van der Waals surface area (Å²) >= 11 is 0. The third kappa shape index (κ3) is 3.32. The molecule has 0 aromatic heterocycles. The van der Waals surface area contributed by atoms with Crippen molar-refractivity contribution in [3.05, 3.63) is 29.6 Å². The minimum Gasteiger partial charge on any atom is -0.368 e. The Balaban J connectivity index is 2.34. The molecule has 3 atom stereocenters. The molecule has 0 bridgehead atoms. The van der Waals surface area contributed by atoms with Gasteiger partial charge >= 0.3 is 0 Å². The van der Waals surface area contributed by atoms with Gasteiger partial charge in [0.25, 0.3) is 0 Å². The fraction of sp³-hybridized carbons (Fsp3) is 0.647. The molecule has 1 aromatic rings. The van der Waals surface area contributed by atoms with Crippen molar-refractivity contribution in [2.45, 2.75) is 52.6 Å². The highest BCUT2D eigenvalue weighted by atomic mass is 19.1. The molecule has 3 unspecified atom stereocenters. The molecular weight excluding hydrogens is 251 g/mol. The molecule has 0 radical (unpaired) electrons. The second-order valence-corrected chi connectivity index (χ2v) is 6.17. The van der Waals surface area contributed by atoms with Crippen LogP contribution in [0.4, 0.5) is 10.1 Å². The lowest BCUT2D eigenvalue weighted by molar-refractivity contribution is 0.388. The van der Waals surface area contributed by atoms with Crippen LogP contribution in [0.5, 0.6) is 0 Å². The lowest BCUT2D eigenvalue weighted by Crippen LogP contribution is -2.42. The van der Waals surface area contributed by atoms with Gasteiger partial charge in [-0.1, -0.05) is 13.8 Å². The van der Waals surface area contributed by atoms with Gasteiger partial charge in [0.1, 0.15) is 5.82 Å². The van der Waals surface area contributed by atoms with Gasteiger partial charge in [0.2, 0.25) is 0 Å². The van der Waals surface area contributed by atoms with Crippen molar-refractivity contribution in [2.75, 3.05) is 18.0 Å². The molecule has 2 rings (SSSR count). The van der Waals surface area contributed by atoms with Gasteiger partial charge in [-0.05, 0) is 62.9 Å². The lowest BCUT2D eigenvalue weighted by atomic mass is 9.93. The highest BCUT2D eigenvalue weighted by Crippen LogP contribution is 2.33.